The Balaban J connectivity index is 1.38. The SMILES string of the molecule is Cc1nc(C(NC(=O)Nc2ccc(C(=O)NC3CCCCC3)cc2)c2ccccc2)n[nH]1. The van der Waals surface area contributed by atoms with Gasteiger partial charge in [0.2, 0.25) is 0 Å². The molecule has 1 saturated carbocycles. The van der Waals surface area contributed by atoms with E-state index in [0.29, 0.717) is 22.9 Å². The monoisotopic (exact) mass is 432 g/mol. The largest absolute Gasteiger partial charge is 0.349 e. The topological polar surface area (TPSA) is 112 Å². The lowest BCUT2D eigenvalue weighted by molar-refractivity contribution is 0.0927. The van der Waals surface area contributed by atoms with E-state index in [0.717, 1.165) is 18.4 Å². The highest BCUT2D eigenvalue weighted by molar-refractivity contribution is 5.95. The van der Waals surface area contributed by atoms with Crippen molar-refractivity contribution in [3.63, 3.8) is 0 Å². The van der Waals surface area contributed by atoms with Gasteiger partial charge < -0.3 is 16.0 Å². The molecule has 1 unspecified atom stereocenters. The molecule has 4 rings (SSSR count). The first kappa shape index (κ1) is 21.5. The van der Waals surface area contributed by atoms with Crippen molar-refractivity contribution in [2.45, 2.75) is 51.1 Å². The lowest BCUT2D eigenvalue weighted by Crippen LogP contribution is -2.36. The molecule has 0 spiro atoms. The molecule has 3 aromatic rings. The summed E-state index contributed by atoms with van der Waals surface area (Å²) in [4.78, 5) is 29.5. The first-order chi connectivity index (χ1) is 15.6. The Morgan fingerprint density at radius 1 is 1.00 bits per heavy atom. The van der Waals surface area contributed by atoms with Crippen molar-refractivity contribution in [2.75, 3.05) is 5.32 Å². The smallest absolute Gasteiger partial charge is 0.320 e. The van der Waals surface area contributed by atoms with Gasteiger partial charge in [-0.15, -0.1) is 0 Å². The summed E-state index contributed by atoms with van der Waals surface area (Å²) in [5.41, 5.74) is 2.05. The normalized spacial score (nSPS) is 15.0. The summed E-state index contributed by atoms with van der Waals surface area (Å²) in [6, 6.07) is 15.8. The average molecular weight is 433 g/mol. The fourth-order valence-electron chi connectivity index (χ4n) is 3.95. The molecule has 1 aliphatic carbocycles. The van der Waals surface area contributed by atoms with Crippen LogP contribution in [0.5, 0.6) is 0 Å². The van der Waals surface area contributed by atoms with Crippen LogP contribution in [0.25, 0.3) is 0 Å². The Morgan fingerprint density at radius 3 is 2.38 bits per heavy atom. The van der Waals surface area contributed by atoms with Crippen molar-refractivity contribution in [2.24, 2.45) is 0 Å². The van der Waals surface area contributed by atoms with Gasteiger partial charge in [0.15, 0.2) is 5.82 Å². The van der Waals surface area contributed by atoms with Gasteiger partial charge in [-0.3, -0.25) is 9.89 Å². The van der Waals surface area contributed by atoms with Crippen LogP contribution >= 0.6 is 0 Å². The minimum atomic E-state index is -0.498. The number of amides is 3. The minimum Gasteiger partial charge on any atom is -0.349 e. The van der Waals surface area contributed by atoms with Crippen LogP contribution in [0.15, 0.2) is 54.6 Å². The average Bonchev–Trinajstić information content (AvgIpc) is 3.25. The van der Waals surface area contributed by atoms with Gasteiger partial charge in [-0.2, -0.15) is 5.10 Å². The van der Waals surface area contributed by atoms with E-state index in [1.165, 1.54) is 19.3 Å². The number of hydrogen-bond donors (Lipinski definition) is 4. The lowest BCUT2D eigenvalue weighted by atomic mass is 9.95. The third-order valence-corrected chi connectivity index (χ3v) is 5.63. The summed E-state index contributed by atoms with van der Waals surface area (Å²) in [7, 11) is 0. The number of aromatic amines is 1. The van der Waals surface area contributed by atoms with Crippen molar-refractivity contribution in [1.29, 1.82) is 0 Å². The number of anilines is 1. The van der Waals surface area contributed by atoms with Crippen LogP contribution in [-0.4, -0.2) is 33.2 Å². The zero-order valence-corrected chi connectivity index (χ0v) is 18.1. The fourth-order valence-corrected chi connectivity index (χ4v) is 3.95. The Hall–Kier alpha value is -3.68. The number of aromatic nitrogens is 3. The molecule has 0 radical (unpaired) electrons. The summed E-state index contributed by atoms with van der Waals surface area (Å²) in [5.74, 6) is 1.08. The molecule has 1 aliphatic rings. The summed E-state index contributed by atoms with van der Waals surface area (Å²) >= 11 is 0. The van der Waals surface area contributed by atoms with E-state index in [-0.39, 0.29) is 18.0 Å². The van der Waals surface area contributed by atoms with E-state index in [1.807, 2.05) is 37.3 Å². The molecular formula is C24H28N6O2. The maximum atomic E-state index is 12.7. The Labute approximate surface area is 187 Å². The van der Waals surface area contributed by atoms with Crippen LogP contribution in [0.3, 0.4) is 0 Å². The van der Waals surface area contributed by atoms with Crippen molar-refractivity contribution in [3.8, 4) is 0 Å². The third kappa shape index (κ3) is 5.51. The Morgan fingerprint density at radius 2 is 1.72 bits per heavy atom. The van der Waals surface area contributed by atoms with Crippen LogP contribution in [0.2, 0.25) is 0 Å². The third-order valence-electron chi connectivity index (χ3n) is 5.63. The second-order valence-corrected chi connectivity index (χ2v) is 8.11. The summed E-state index contributed by atoms with van der Waals surface area (Å²) in [6.07, 6.45) is 5.66. The molecule has 1 heterocycles. The van der Waals surface area contributed by atoms with Crippen molar-refractivity contribution < 1.29 is 9.59 Å². The molecule has 0 bridgehead atoms. The highest BCUT2D eigenvalue weighted by atomic mass is 16.2. The van der Waals surface area contributed by atoms with Crippen LogP contribution in [0.4, 0.5) is 10.5 Å². The standard InChI is InChI=1S/C24H28N6O2/c1-16-25-22(30-29-16)21(17-8-4-2-5-9-17)28-24(32)27-20-14-12-18(13-15-20)23(31)26-19-10-6-3-7-11-19/h2,4-5,8-9,12-15,19,21H,3,6-7,10-11H2,1H3,(H,26,31)(H,25,29,30)(H2,27,28,32). The molecule has 1 aromatic heterocycles. The zero-order chi connectivity index (χ0) is 22.3. The van der Waals surface area contributed by atoms with Crippen molar-refractivity contribution in [1.82, 2.24) is 25.8 Å². The highest BCUT2D eigenvalue weighted by Gasteiger charge is 2.21. The van der Waals surface area contributed by atoms with Gasteiger partial charge in [0.05, 0.1) is 0 Å². The Bertz CT molecular complexity index is 1040. The quantitative estimate of drug-likeness (QED) is 0.470. The van der Waals surface area contributed by atoms with Crippen molar-refractivity contribution in [3.05, 3.63) is 77.4 Å². The Kier molecular flexibility index (Phi) is 6.79. The number of H-pyrrole nitrogens is 1. The van der Waals surface area contributed by atoms with Crippen LogP contribution in [-0.2, 0) is 0 Å². The van der Waals surface area contributed by atoms with E-state index in [1.54, 1.807) is 24.3 Å². The number of carbonyl (C=O) groups is 2. The van der Waals surface area contributed by atoms with Gasteiger partial charge in [0.1, 0.15) is 11.9 Å². The predicted molar refractivity (Wildman–Crippen MR) is 122 cm³/mol. The molecule has 8 nitrogen and oxygen atoms in total. The molecule has 8 heteroatoms. The molecule has 3 amide bonds. The van der Waals surface area contributed by atoms with E-state index in [2.05, 4.69) is 31.1 Å². The first-order valence-corrected chi connectivity index (χ1v) is 11.0. The number of benzene rings is 2. The molecule has 0 aliphatic heterocycles. The maximum Gasteiger partial charge on any atom is 0.320 e. The summed E-state index contributed by atoms with van der Waals surface area (Å²) in [5, 5.41) is 15.9. The minimum absolute atomic E-state index is 0.0722. The molecule has 0 saturated heterocycles. The maximum absolute atomic E-state index is 12.7. The molecule has 2 aromatic carbocycles. The summed E-state index contributed by atoms with van der Waals surface area (Å²) < 4.78 is 0. The number of aryl methyl sites for hydroxylation is 1. The van der Waals surface area contributed by atoms with Gasteiger partial charge in [0.25, 0.3) is 5.91 Å². The molecule has 32 heavy (non-hydrogen) atoms. The van der Waals surface area contributed by atoms with Crippen LogP contribution in [0, 0.1) is 6.92 Å². The molecule has 4 N–H and O–H groups in total. The van der Waals surface area contributed by atoms with E-state index >= 15 is 0 Å². The number of nitrogens with zero attached hydrogens (tertiary/aromatic N) is 2. The molecule has 1 fully saturated rings. The number of urea groups is 1. The molecular weight excluding hydrogens is 404 g/mol. The molecule has 166 valence electrons. The van der Waals surface area contributed by atoms with Gasteiger partial charge in [-0.05, 0) is 49.6 Å². The fraction of sp³-hybridized carbons (Fsp3) is 0.333. The first-order valence-electron chi connectivity index (χ1n) is 11.0. The highest BCUT2D eigenvalue weighted by Crippen LogP contribution is 2.20. The van der Waals surface area contributed by atoms with Crippen LogP contribution < -0.4 is 16.0 Å². The zero-order valence-electron chi connectivity index (χ0n) is 18.1. The number of rotatable bonds is 6. The van der Waals surface area contributed by atoms with Gasteiger partial charge >= 0.3 is 6.03 Å². The van der Waals surface area contributed by atoms with E-state index in [9.17, 15) is 9.59 Å². The van der Waals surface area contributed by atoms with Gasteiger partial charge in [-0.1, -0.05) is 49.6 Å². The second kappa shape index (κ2) is 10.1. The summed E-state index contributed by atoms with van der Waals surface area (Å²) in [6.45, 7) is 1.81. The van der Waals surface area contributed by atoms with Gasteiger partial charge in [0, 0.05) is 17.3 Å². The number of carbonyl (C=O) groups excluding carboxylic acids is 2. The number of hydrogen-bond acceptors (Lipinski definition) is 4. The van der Waals surface area contributed by atoms with E-state index < -0.39 is 6.04 Å². The predicted octanol–water partition coefficient (Wildman–Crippen LogP) is 4.09. The van der Waals surface area contributed by atoms with Gasteiger partial charge in [-0.25, -0.2) is 9.78 Å². The van der Waals surface area contributed by atoms with Crippen molar-refractivity contribution >= 4 is 17.6 Å². The number of nitrogens with one attached hydrogen (secondary N) is 4. The molecule has 1 atom stereocenters. The van der Waals surface area contributed by atoms with E-state index in [4.69, 9.17) is 0 Å². The second-order valence-electron chi connectivity index (χ2n) is 8.11. The van der Waals surface area contributed by atoms with Crippen LogP contribution in [0.1, 0.15) is 65.7 Å². The lowest BCUT2D eigenvalue weighted by Gasteiger charge is -2.22.